The van der Waals surface area contributed by atoms with E-state index in [0.29, 0.717) is 5.56 Å². The Hall–Kier alpha value is -2.36. The Morgan fingerprint density at radius 3 is 2.80 bits per heavy atom. The molecule has 5 nitrogen and oxygen atoms in total. The zero-order valence-electron chi connectivity index (χ0n) is 10.8. The van der Waals surface area contributed by atoms with Crippen molar-refractivity contribution in [2.45, 2.75) is 6.61 Å². The van der Waals surface area contributed by atoms with E-state index in [0.717, 1.165) is 22.2 Å². The van der Waals surface area contributed by atoms with Gasteiger partial charge in [0, 0.05) is 24.3 Å². The van der Waals surface area contributed by atoms with Gasteiger partial charge in [-0.05, 0) is 24.3 Å². The minimum Gasteiger partial charge on any atom is -0.390 e. The monoisotopic (exact) mass is 284 g/mol. The van der Waals surface area contributed by atoms with Crippen LogP contribution in [-0.4, -0.2) is 21.5 Å². The van der Waals surface area contributed by atoms with Gasteiger partial charge < -0.3 is 10.0 Å². The van der Waals surface area contributed by atoms with Crippen molar-refractivity contribution < 1.29 is 5.11 Å². The SMILES string of the molecule is CN(c1ccc(C#N)cc1)c1nc2sccn2c1CO. The highest BCUT2D eigenvalue weighted by atomic mass is 32.1. The predicted octanol–water partition coefficient (Wildman–Crippen LogP) is 2.53. The van der Waals surface area contributed by atoms with Gasteiger partial charge in [-0.2, -0.15) is 5.26 Å². The lowest BCUT2D eigenvalue weighted by atomic mass is 10.2. The highest BCUT2D eigenvalue weighted by Crippen LogP contribution is 2.29. The van der Waals surface area contributed by atoms with Crippen molar-refractivity contribution in [1.29, 1.82) is 5.26 Å². The summed E-state index contributed by atoms with van der Waals surface area (Å²) < 4.78 is 1.89. The Balaban J connectivity index is 2.04. The van der Waals surface area contributed by atoms with Crippen LogP contribution in [0.2, 0.25) is 0 Å². The molecule has 20 heavy (non-hydrogen) atoms. The fraction of sp³-hybridized carbons (Fsp3) is 0.143. The van der Waals surface area contributed by atoms with E-state index in [4.69, 9.17) is 5.26 Å². The van der Waals surface area contributed by atoms with E-state index in [-0.39, 0.29) is 6.61 Å². The van der Waals surface area contributed by atoms with E-state index < -0.39 is 0 Å². The van der Waals surface area contributed by atoms with Crippen LogP contribution in [0.15, 0.2) is 35.8 Å². The van der Waals surface area contributed by atoms with Crippen molar-refractivity contribution in [3.05, 3.63) is 47.1 Å². The molecule has 3 rings (SSSR count). The van der Waals surface area contributed by atoms with Crippen LogP contribution in [0, 0.1) is 11.3 Å². The Bertz CT molecular complexity index is 782. The van der Waals surface area contributed by atoms with Gasteiger partial charge in [0.15, 0.2) is 10.8 Å². The number of fused-ring (bicyclic) bond motifs is 1. The summed E-state index contributed by atoms with van der Waals surface area (Å²) >= 11 is 1.53. The molecule has 0 aliphatic heterocycles. The molecule has 1 N–H and O–H groups in total. The van der Waals surface area contributed by atoms with Crippen LogP contribution in [0.3, 0.4) is 0 Å². The number of hydrogen-bond donors (Lipinski definition) is 1. The molecular formula is C14H12N4OS. The predicted molar refractivity (Wildman–Crippen MR) is 78.2 cm³/mol. The van der Waals surface area contributed by atoms with Crippen molar-refractivity contribution in [3.8, 4) is 6.07 Å². The number of nitriles is 1. The zero-order chi connectivity index (χ0) is 14.1. The van der Waals surface area contributed by atoms with E-state index in [2.05, 4.69) is 11.1 Å². The standard InChI is InChI=1S/C14H12N4OS/c1-17(11-4-2-10(8-15)3-5-11)13-12(9-19)18-6-7-20-14(18)16-13/h2-7,19H,9H2,1H3. The van der Waals surface area contributed by atoms with Gasteiger partial charge in [-0.25, -0.2) is 4.98 Å². The number of benzene rings is 1. The van der Waals surface area contributed by atoms with Crippen molar-refractivity contribution in [2.75, 3.05) is 11.9 Å². The highest BCUT2D eigenvalue weighted by molar-refractivity contribution is 7.15. The molecule has 0 atom stereocenters. The van der Waals surface area contributed by atoms with Gasteiger partial charge >= 0.3 is 0 Å². The van der Waals surface area contributed by atoms with Crippen molar-refractivity contribution in [1.82, 2.24) is 9.38 Å². The first-order chi connectivity index (χ1) is 9.74. The average molecular weight is 284 g/mol. The van der Waals surface area contributed by atoms with Crippen molar-refractivity contribution >= 4 is 27.8 Å². The molecule has 0 saturated heterocycles. The van der Waals surface area contributed by atoms with Crippen LogP contribution in [0.4, 0.5) is 11.5 Å². The molecule has 0 aliphatic rings. The topological polar surface area (TPSA) is 64.6 Å². The molecule has 100 valence electrons. The number of anilines is 2. The third kappa shape index (κ3) is 1.93. The van der Waals surface area contributed by atoms with Gasteiger partial charge in [-0.15, -0.1) is 11.3 Å². The first-order valence-electron chi connectivity index (χ1n) is 6.03. The summed E-state index contributed by atoms with van der Waals surface area (Å²) in [5.74, 6) is 0.726. The lowest BCUT2D eigenvalue weighted by molar-refractivity contribution is 0.276. The van der Waals surface area contributed by atoms with E-state index in [1.165, 1.54) is 11.3 Å². The molecular weight excluding hydrogens is 272 g/mol. The average Bonchev–Trinajstić information content (AvgIpc) is 3.06. The number of nitrogens with zero attached hydrogens (tertiary/aromatic N) is 4. The maximum atomic E-state index is 9.58. The second-order valence-electron chi connectivity index (χ2n) is 4.31. The van der Waals surface area contributed by atoms with E-state index in [1.807, 2.05) is 40.1 Å². The van der Waals surface area contributed by atoms with E-state index in [1.54, 1.807) is 12.1 Å². The summed E-state index contributed by atoms with van der Waals surface area (Å²) in [6.07, 6.45) is 1.90. The molecule has 2 heterocycles. The highest BCUT2D eigenvalue weighted by Gasteiger charge is 2.16. The first kappa shape index (κ1) is 12.7. The molecule has 0 aliphatic carbocycles. The van der Waals surface area contributed by atoms with Crippen LogP contribution in [0.1, 0.15) is 11.3 Å². The van der Waals surface area contributed by atoms with Gasteiger partial charge in [0.05, 0.1) is 23.9 Å². The molecule has 0 bridgehead atoms. The first-order valence-corrected chi connectivity index (χ1v) is 6.91. The maximum absolute atomic E-state index is 9.58. The lowest BCUT2D eigenvalue weighted by Crippen LogP contribution is -2.12. The normalized spacial score (nSPS) is 10.7. The summed E-state index contributed by atoms with van der Waals surface area (Å²) in [7, 11) is 1.90. The molecule has 2 aromatic heterocycles. The maximum Gasteiger partial charge on any atom is 0.195 e. The van der Waals surface area contributed by atoms with Crippen LogP contribution >= 0.6 is 11.3 Å². The number of aliphatic hydroxyl groups is 1. The van der Waals surface area contributed by atoms with Gasteiger partial charge in [0.1, 0.15) is 0 Å². The van der Waals surface area contributed by atoms with Gasteiger partial charge in [-0.1, -0.05) is 0 Å². The second kappa shape index (κ2) is 4.96. The number of aliphatic hydroxyl groups excluding tert-OH is 1. The van der Waals surface area contributed by atoms with Gasteiger partial charge in [-0.3, -0.25) is 4.40 Å². The minimum atomic E-state index is -0.0755. The third-order valence-electron chi connectivity index (χ3n) is 3.19. The number of imidazole rings is 1. The minimum absolute atomic E-state index is 0.0755. The van der Waals surface area contributed by atoms with Crippen molar-refractivity contribution in [3.63, 3.8) is 0 Å². The van der Waals surface area contributed by atoms with Gasteiger partial charge in [0.2, 0.25) is 0 Å². The lowest BCUT2D eigenvalue weighted by Gasteiger charge is -2.18. The molecule has 0 unspecified atom stereocenters. The van der Waals surface area contributed by atoms with Crippen LogP contribution in [-0.2, 0) is 6.61 Å². The van der Waals surface area contributed by atoms with Crippen LogP contribution in [0.5, 0.6) is 0 Å². The van der Waals surface area contributed by atoms with Crippen molar-refractivity contribution in [2.24, 2.45) is 0 Å². The largest absolute Gasteiger partial charge is 0.390 e. The Labute approximate surface area is 120 Å². The van der Waals surface area contributed by atoms with Crippen LogP contribution < -0.4 is 4.90 Å². The smallest absolute Gasteiger partial charge is 0.195 e. The summed E-state index contributed by atoms with van der Waals surface area (Å²) in [6, 6.07) is 9.37. The number of rotatable bonds is 3. The quantitative estimate of drug-likeness (QED) is 0.802. The third-order valence-corrected chi connectivity index (χ3v) is 3.95. The number of aromatic nitrogens is 2. The fourth-order valence-corrected chi connectivity index (χ4v) is 2.85. The summed E-state index contributed by atoms with van der Waals surface area (Å²) in [5.41, 5.74) is 2.30. The molecule has 3 aromatic rings. The Morgan fingerprint density at radius 2 is 2.15 bits per heavy atom. The summed E-state index contributed by atoms with van der Waals surface area (Å²) in [6.45, 7) is -0.0755. The molecule has 0 fully saturated rings. The summed E-state index contributed by atoms with van der Waals surface area (Å²) in [5, 5.41) is 20.3. The summed E-state index contributed by atoms with van der Waals surface area (Å²) in [4.78, 5) is 7.31. The molecule has 0 radical (unpaired) electrons. The molecule has 1 aromatic carbocycles. The molecule has 0 saturated carbocycles. The fourth-order valence-electron chi connectivity index (χ4n) is 2.12. The Morgan fingerprint density at radius 1 is 1.40 bits per heavy atom. The molecule has 0 amide bonds. The van der Waals surface area contributed by atoms with Crippen LogP contribution in [0.25, 0.3) is 4.96 Å². The zero-order valence-corrected chi connectivity index (χ0v) is 11.6. The number of hydrogen-bond acceptors (Lipinski definition) is 5. The van der Waals surface area contributed by atoms with E-state index >= 15 is 0 Å². The van der Waals surface area contributed by atoms with Gasteiger partial charge in [0.25, 0.3) is 0 Å². The second-order valence-corrected chi connectivity index (χ2v) is 5.19. The Kier molecular flexibility index (Phi) is 3.14. The van der Waals surface area contributed by atoms with E-state index in [9.17, 15) is 5.11 Å². The number of thiazole rings is 1. The molecule has 0 spiro atoms. The molecule has 6 heteroatoms.